The van der Waals surface area contributed by atoms with Crippen LogP contribution in [-0.4, -0.2) is 22.3 Å². The topological polar surface area (TPSA) is 63.5 Å². The van der Waals surface area contributed by atoms with E-state index in [4.69, 9.17) is 9.73 Å². The summed E-state index contributed by atoms with van der Waals surface area (Å²) in [6, 6.07) is 17.8. The molecule has 0 radical (unpaired) electrons. The molecule has 0 fully saturated rings. The Kier molecular flexibility index (Phi) is 9.16. The number of benzene rings is 2. The number of hydrogen-bond donors (Lipinski definition) is 2. The molecule has 1 aromatic heterocycles. The Hall–Kier alpha value is -2.55. The number of nitrogens with zero attached hydrogens (tertiary/aromatic N) is 3. The van der Waals surface area contributed by atoms with Crippen molar-refractivity contribution in [3.05, 3.63) is 77.1 Å². The maximum absolute atomic E-state index is 6.04. The van der Waals surface area contributed by atoms with Gasteiger partial charge < -0.3 is 15.4 Å². The number of halogens is 1. The monoisotopic (exact) mass is 519 g/mol. The fourth-order valence-corrected chi connectivity index (χ4v) is 3.10. The molecule has 2 N–H and O–H groups in total. The lowest BCUT2D eigenvalue weighted by Crippen LogP contribution is -2.37. The molecule has 6 nitrogen and oxygen atoms in total. The molecular weight excluding hydrogens is 489 g/mol. The van der Waals surface area contributed by atoms with Gasteiger partial charge in [0, 0.05) is 37.0 Å². The quantitative estimate of drug-likeness (QED) is 0.270. The van der Waals surface area contributed by atoms with E-state index >= 15 is 0 Å². The number of ether oxygens (including phenoxy) is 1. The Labute approximate surface area is 195 Å². The first-order valence-corrected chi connectivity index (χ1v) is 9.90. The van der Waals surface area contributed by atoms with Gasteiger partial charge in [0.25, 0.3) is 0 Å². The van der Waals surface area contributed by atoms with Gasteiger partial charge in [-0.15, -0.1) is 24.0 Å². The third-order valence-electron chi connectivity index (χ3n) is 4.79. The van der Waals surface area contributed by atoms with E-state index in [-0.39, 0.29) is 24.0 Å². The highest BCUT2D eigenvalue weighted by atomic mass is 127. The number of aromatic nitrogens is 2. The first-order chi connectivity index (χ1) is 14.1. The highest BCUT2D eigenvalue weighted by Gasteiger charge is 2.10. The highest BCUT2D eigenvalue weighted by Crippen LogP contribution is 2.25. The first-order valence-electron chi connectivity index (χ1n) is 9.90. The largest absolute Gasteiger partial charge is 0.457 e. The maximum Gasteiger partial charge on any atom is 0.191 e. The Morgan fingerprint density at radius 3 is 2.40 bits per heavy atom. The van der Waals surface area contributed by atoms with Gasteiger partial charge in [-0.2, -0.15) is 5.10 Å². The van der Waals surface area contributed by atoms with Crippen LogP contribution in [0.25, 0.3) is 0 Å². The second-order valence-electron chi connectivity index (χ2n) is 6.84. The van der Waals surface area contributed by atoms with Gasteiger partial charge in [0.2, 0.25) is 0 Å². The first kappa shape index (κ1) is 23.7. The third-order valence-corrected chi connectivity index (χ3v) is 4.79. The SMILES string of the molecule is CCNC(=NCc1ccccc1Oc1ccccc1)NCc1c(C)nn(C)c1C.I. The van der Waals surface area contributed by atoms with Crippen molar-refractivity contribution in [1.29, 1.82) is 0 Å². The van der Waals surface area contributed by atoms with Crippen molar-refractivity contribution >= 4 is 29.9 Å². The van der Waals surface area contributed by atoms with Crippen molar-refractivity contribution in [2.75, 3.05) is 6.54 Å². The van der Waals surface area contributed by atoms with Crippen LogP contribution >= 0.6 is 24.0 Å². The van der Waals surface area contributed by atoms with Gasteiger partial charge in [-0.3, -0.25) is 4.68 Å². The minimum absolute atomic E-state index is 0. The van der Waals surface area contributed by atoms with Gasteiger partial charge >= 0.3 is 0 Å². The second-order valence-corrected chi connectivity index (χ2v) is 6.84. The van der Waals surface area contributed by atoms with Crippen molar-refractivity contribution in [3.8, 4) is 11.5 Å². The minimum Gasteiger partial charge on any atom is -0.457 e. The van der Waals surface area contributed by atoms with Crippen molar-refractivity contribution < 1.29 is 4.74 Å². The molecule has 2 aromatic carbocycles. The predicted octanol–water partition coefficient (Wildman–Crippen LogP) is 4.70. The Balaban J connectivity index is 0.00000320. The molecule has 0 aliphatic heterocycles. The molecule has 0 saturated carbocycles. The van der Waals surface area contributed by atoms with Crippen LogP contribution in [0.1, 0.15) is 29.4 Å². The van der Waals surface area contributed by atoms with E-state index in [9.17, 15) is 0 Å². The lowest BCUT2D eigenvalue weighted by molar-refractivity contribution is 0.476. The van der Waals surface area contributed by atoms with Gasteiger partial charge in [-0.25, -0.2) is 4.99 Å². The Bertz CT molecular complexity index is 969. The van der Waals surface area contributed by atoms with Crippen LogP contribution < -0.4 is 15.4 Å². The lowest BCUT2D eigenvalue weighted by Gasteiger charge is -2.13. The van der Waals surface area contributed by atoms with Crippen LogP contribution in [0.2, 0.25) is 0 Å². The lowest BCUT2D eigenvalue weighted by atomic mass is 10.2. The molecule has 7 heteroatoms. The summed E-state index contributed by atoms with van der Waals surface area (Å²) in [6.45, 7) is 8.16. The van der Waals surface area contributed by atoms with E-state index in [1.807, 2.05) is 73.3 Å². The number of guanidine groups is 1. The van der Waals surface area contributed by atoms with Crippen LogP contribution in [0.4, 0.5) is 0 Å². The zero-order valence-electron chi connectivity index (χ0n) is 18.0. The number of aliphatic imine (C=N–C) groups is 1. The van der Waals surface area contributed by atoms with Crippen molar-refractivity contribution in [2.45, 2.75) is 33.9 Å². The van der Waals surface area contributed by atoms with E-state index < -0.39 is 0 Å². The van der Waals surface area contributed by atoms with E-state index in [1.165, 1.54) is 5.56 Å². The van der Waals surface area contributed by atoms with E-state index in [0.717, 1.165) is 41.0 Å². The fraction of sp³-hybridized carbons (Fsp3) is 0.304. The molecule has 0 aliphatic carbocycles. The summed E-state index contributed by atoms with van der Waals surface area (Å²) in [4.78, 5) is 4.75. The highest BCUT2D eigenvalue weighted by molar-refractivity contribution is 14.0. The molecule has 0 aliphatic rings. The average molecular weight is 519 g/mol. The Morgan fingerprint density at radius 1 is 1.03 bits per heavy atom. The van der Waals surface area contributed by atoms with Crippen LogP contribution in [0.3, 0.4) is 0 Å². The molecule has 0 atom stereocenters. The van der Waals surface area contributed by atoms with Gasteiger partial charge in [-0.05, 0) is 39.0 Å². The number of aryl methyl sites for hydroxylation is 2. The van der Waals surface area contributed by atoms with Crippen LogP contribution in [0.15, 0.2) is 59.6 Å². The standard InChI is InChI=1S/C23H29N5O.HI/c1-5-24-23(26-16-21-17(2)27-28(4)18(21)3)25-15-19-11-9-10-14-22(19)29-20-12-7-6-8-13-20;/h6-14H,5,15-16H2,1-4H3,(H2,24,25,26);1H. The summed E-state index contributed by atoms with van der Waals surface area (Å²) in [5.41, 5.74) is 4.43. The maximum atomic E-state index is 6.04. The minimum atomic E-state index is 0. The number of rotatable bonds is 7. The predicted molar refractivity (Wildman–Crippen MR) is 133 cm³/mol. The van der Waals surface area contributed by atoms with Gasteiger partial charge in [-0.1, -0.05) is 36.4 Å². The molecule has 0 unspecified atom stereocenters. The van der Waals surface area contributed by atoms with Crippen LogP contribution in [0.5, 0.6) is 11.5 Å². The van der Waals surface area contributed by atoms with E-state index in [0.29, 0.717) is 13.1 Å². The zero-order valence-corrected chi connectivity index (χ0v) is 20.3. The van der Waals surface area contributed by atoms with E-state index in [1.54, 1.807) is 0 Å². The summed E-state index contributed by atoms with van der Waals surface area (Å²) in [5.74, 6) is 2.40. The molecule has 160 valence electrons. The molecule has 0 bridgehead atoms. The molecule has 3 rings (SSSR count). The molecule has 30 heavy (non-hydrogen) atoms. The normalized spacial score (nSPS) is 11.0. The second kappa shape index (κ2) is 11.6. The zero-order chi connectivity index (χ0) is 20.6. The summed E-state index contributed by atoms with van der Waals surface area (Å²) in [6.07, 6.45) is 0. The van der Waals surface area contributed by atoms with E-state index in [2.05, 4.69) is 29.6 Å². The van der Waals surface area contributed by atoms with Crippen molar-refractivity contribution in [2.24, 2.45) is 12.0 Å². The van der Waals surface area contributed by atoms with Crippen LogP contribution in [-0.2, 0) is 20.1 Å². The Morgan fingerprint density at radius 2 is 1.73 bits per heavy atom. The average Bonchev–Trinajstić information content (AvgIpc) is 2.97. The number of para-hydroxylation sites is 2. The van der Waals surface area contributed by atoms with Crippen LogP contribution in [0, 0.1) is 13.8 Å². The van der Waals surface area contributed by atoms with Crippen molar-refractivity contribution in [1.82, 2.24) is 20.4 Å². The molecular formula is C23H30IN5O. The smallest absolute Gasteiger partial charge is 0.191 e. The van der Waals surface area contributed by atoms with Gasteiger partial charge in [0.15, 0.2) is 5.96 Å². The van der Waals surface area contributed by atoms with Gasteiger partial charge in [0.1, 0.15) is 11.5 Å². The summed E-state index contributed by atoms with van der Waals surface area (Å²) in [7, 11) is 1.97. The number of hydrogen-bond acceptors (Lipinski definition) is 3. The number of nitrogens with one attached hydrogen (secondary N) is 2. The molecule has 0 spiro atoms. The molecule has 1 heterocycles. The molecule has 3 aromatic rings. The summed E-state index contributed by atoms with van der Waals surface area (Å²) in [5, 5.41) is 11.2. The molecule has 0 saturated heterocycles. The van der Waals surface area contributed by atoms with Gasteiger partial charge in [0.05, 0.1) is 12.2 Å². The summed E-state index contributed by atoms with van der Waals surface area (Å²) >= 11 is 0. The molecule has 0 amide bonds. The van der Waals surface area contributed by atoms with Crippen molar-refractivity contribution in [3.63, 3.8) is 0 Å². The summed E-state index contributed by atoms with van der Waals surface area (Å²) < 4.78 is 7.95. The fourth-order valence-electron chi connectivity index (χ4n) is 3.10. The third kappa shape index (κ3) is 6.22.